The number of fused-ring (bicyclic) bond motifs is 1. The molecule has 2 aliphatic heterocycles. The third kappa shape index (κ3) is 8.21. The zero-order valence-electron chi connectivity index (χ0n) is 35.7. The van der Waals surface area contributed by atoms with Gasteiger partial charge in [-0.15, -0.1) is 21.5 Å². The molecule has 9 rings (SSSR count). The zero-order valence-corrected chi connectivity index (χ0v) is 36.5. The number of aromatic nitrogens is 7. The normalized spacial score (nSPS) is 17.7. The summed E-state index contributed by atoms with van der Waals surface area (Å²) >= 11 is 1.59. The van der Waals surface area contributed by atoms with Crippen molar-refractivity contribution in [1.29, 1.82) is 0 Å². The molecule has 63 heavy (non-hydrogen) atoms. The van der Waals surface area contributed by atoms with Gasteiger partial charge < -0.3 is 39.3 Å². The largest absolute Gasteiger partial charge is 0.507 e. The van der Waals surface area contributed by atoms with Crippen LogP contribution in [0.3, 0.4) is 0 Å². The van der Waals surface area contributed by atoms with Crippen molar-refractivity contribution in [3.63, 3.8) is 0 Å². The molecule has 7 heterocycles. The van der Waals surface area contributed by atoms with Crippen LogP contribution in [-0.2, 0) is 16.6 Å². The number of aryl methyl sites for hydroxylation is 2. The Morgan fingerprint density at radius 2 is 1.62 bits per heavy atom. The molecule has 2 saturated heterocycles. The maximum Gasteiger partial charge on any atom is 0.243 e. The van der Waals surface area contributed by atoms with Crippen LogP contribution in [0.15, 0.2) is 89.2 Å². The van der Waals surface area contributed by atoms with Gasteiger partial charge in [-0.3, -0.25) is 9.59 Å². The number of amides is 2. The van der Waals surface area contributed by atoms with Crippen LogP contribution < -0.4 is 15.1 Å². The number of carbonyl (C=O) groups excluding carboxylic acids is 2. The Bertz CT molecular complexity index is 2760. The number of nitrogens with one attached hydrogen (secondary N) is 1. The van der Waals surface area contributed by atoms with Gasteiger partial charge in [0.05, 0.1) is 39.4 Å². The number of hydrogen-bond acceptors (Lipinski definition) is 14. The summed E-state index contributed by atoms with van der Waals surface area (Å²) in [6, 6.07) is 19.7. The highest BCUT2D eigenvalue weighted by Gasteiger charge is 2.43. The van der Waals surface area contributed by atoms with Gasteiger partial charge >= 0.3 is 0 Å². The first-order chi connectivity index (χ1) is 30.4. The van der Waals surface area contributed by atoms with E-state index in [1.807, 2.05) is 88.8 Å². The Kier molecular flexibility index (Phi) is 11.4. The van der Waals surface area contributed by atoms with E-state index in [2.05, 4.69) is 50.0 Å². The molecule has 4 atom stereocenters. The van der Waals surface area contributed by atoms with Crippen LogP contribution in [0.1, 0.15) is 56.2 Å². The second kappa shape index (κ2) is 17.2. The topological polar surface area (TPSA) is 192 Å². The molecule has 0 spiro atoms. The van der Waals surface area contributed by atoms with Gasteiger partial charge in [-0.25, -0.2) is 15.0 Å². The summed E-state index contributed by atoms with van der Waals surface area (Å²) in [4.78, 5) is 48.8. The number of anilines is 2. The minimum atomic E-state index is -0.841. The molecule has 7 aromatic rings. The minimum absolute atomic E-state index is 0.0420. The summed E-state index contributed by atoms with van der Waals surface area (Å²) in [5, 5.41) is 37.3. The Hall–Kier alpha value is -6.72. The average molecular weight is 868 g/mol. The predicted octanol–water partition coefficient (Wildman–Crippen LogP) is 6.12. The van der Waals surface area contributed by atoms with Crippen LogP contribution >= 0.6 is 11.3 Å². The molecule has 2 aromatic carbocycles. The molecule has 0 saturated carbocycles. The summed E-state index contributed by atoms with van der Waals surface area (Å²) in [6.45, 7) is 10.7. The highest BCUT2D eigenvalue weighted by Crippen LogP contribution is 2.35. The van der Waals surface area contributed by atoms with Gasteiger partial charge in [-0.05, 0) is 49.1 Å². The molecule has 0 unspecified atom stereocenters. The monoisotopic (exact) mass is 867 g/mol. The number of aliphatic hydroxyl groups is 1. The van der Waals surface area contributed by atoms with E-state index in [4.69, 9.17) is 4.52 Å². The average Bonchev–Trinajstić information content (AvgIpc) is 4.11. The van der Waals surface area contributed by atoms with E-state index in [1.54, 1.807) is 41.9 Å². The molecule has 16 nitrogen and oxygen atoms in total. The first kappa shape index (κ1) is 41.6. The van der Waals surface area contributed by atoms with Crippen molar-refractivity contribution in [2.45, 2.75) is 58.2 Å². The maximum atomic E-state index is 14.3. The maximum absolute atomic E-state index is 14.3. The number of phenols is 1. The second-order valence-electron chi connectivity index (χ2n) is 16.7. The third-order valence-electron chi connectivity index (χ3n) is 12.2. The van der Waals surface area contributed by atoms with Crippen LogP contribution in [0, 0.1) is 12.8 Å². The van der Waals surface area contributed by atoms with Gasteiger partial charge in [0.15, 0.2) is 0 Å². The number of carbonyl (C=O) groups is 2. The van der Waals surface area contributed by atoms with E-state index >= 15 is 0 Å². The van der Waals surface area contributed by atoms with Crippen molar-refractivity contribution in [1.82, 2.24) is 45.1 Å². The van der Waals surface area contributed by atoms with Crippen molar-refractivity contribution < 1.29 is 24.3 Å². The third-order valence-corrected chi connectivity index (χ3v) is 13.2. The molecular weight excluding hydrogens is 819 g/mol. The number of phenolic OH excluding ortho intramolecular Hbond substituents is 1. The van der Waals surface area contributed by atoms with Crippen molar-refractivity contribution >= 4 is 46.0 Å². The van der Waals surface area contributed by atoms with E-state index in [9.17, 15) is 19.8 Å². The van der Waals surface area contributed by atoms with E-state index in [-0.39, 0.29) is 42.5 Å². The fourth-order valence-corrected chi connectivity index (χ4v) is 9.48. The molecule has 2 aliphatic rings. The molecule has 0 radical (unpaired) electrons. The zero-order chi connectivity index (χ0) is 43.9. The number of aliphatic hydroxyl groups excluding tert-OH is 1. The number of nitrogens with zero attached hydrogens (tertiary/aromatic N) is 10. The van der Waals surface area contributed by atoms with Gasteiger partial charge in [0, 0.05) is 81.8 Å². The first-order valence-electron chi connectivity index (χ1n) is 21.1. The van der Waals surface area contributed by atoms with Crippen molar-refractivity contribution in [3.8, 4) is 38.7 Å². The lowest BCUT2D eigenvalue weighted by atomic mass is 9.91. The Morgan fingerprint density at radius 3 is 2.32 bits per heavy atom. The Morgan fingerprint density at radius 1 is 0.889 bits per heavy atom. The van der Waals surface area contributed by atoms with Gasteiger partial charge in [-0.2, -0.15) is 0 Å². The fraction of sp³-hybridized carbons (Fsp3) is 0.348. The van der Waals surface area contributed by atoms with E-state index in [0.29, 0.717) is 47.3 Å². The number of aromatic hydroxyl groups is 1. The fourth-order valence-electron chi connectivity index (χ4n) is 8.67. The summed E-state index contributed by atoms with van der Waals surface area (Å²) in [6.07, 6.45) is 2.72. The van der Waals surface area contributed by atoms with Crippen molar-refractivity contribution in [2.24, 2.45) is 13.0 Å². The lowest BCUT2D eigenvalue weighted by molar-refractivity contribution is -0.141. The molecule has 5 aromatic heterocycles. The van der Waals surface area contributed by atoms with Gasteiger partial charge in [0.25, 0.3) is 0 Å². The first-order valence-corrected chi connectivity index (χ1v) is 22.0. The molecular formula is C46H49N11O5S. The quantitative estimate of drug-likeness (QED) is 0.135. The van der Waals surface area contributed by atoms with Gasteiger partial charge in [0.2, 0.25) is 17.8 Å². The molecule has 0 bridgehead atoms. The number of likely N-dealkylation sites (tertiary alicyclic amines) is 1. The lowest BCUT2D eigenvalue weighted by Crippen LogP contribution is -2.48. The summed E-state index contributed by atoms with van der Waals surface area (Å²) in [5.41, 5.74) is 8.87. The molecule has 3 N–H and O–H groups in total. The molecule has 17 heteroatoms. The van der Waals surface area contributed by atoms with Crippen LogP contribution in [0.5, 0.6) is 5.75 Å². The highest BCUT2D eigenvalue weighted by molar-refractivity contribution is 7.13. The van der Waals surface area contributed by atoms with Crippen molar-refractivity contribution in [2.75, 3.05) is 42.5 Å². The molecule has 0 aliphatic carbocycles. The molecule has 2 fully saturated rings. The number of para-hydroxylation sites is 1. The van der Waals surface area contributed by atoms with Crippen LogP contribution in [0.4, 0.5) is 11.8 Å². The molecule has 324 valence electrons. The number of benzene rings is 2. The number of β-amino-alcohol motifs (C(OH)–C–C–N with tert-alkyl or cyclic N) is 1. The van der Waals surface area contributed by atoms with Crippen LogP contribution in [0.2, 0.25) is 0 Å². The Balaban J connectivity index is 0.832. The predicted molar refractivity (Wildman–Crippen MR) is 240 cm³/mol. The van der Waals surface area contributed by atoms with Crippen LogP contribution in [0.25, 0.3) is 44.0 Å². The SMILES string of the molecule is Cc1ncsc1-c1ccc([C@H](C)NC(=O)[C@@H]2C[C@@H](O)CN2C(=O)[C@H](c2cc(-c3cnc(N4CCN(c5cc6nnc(-c7ccccc7O)cc6n5C)CC4)nc3)no2)C(C)C)cc1. The highest BCUT2D eigenvalue weighted by atomic mass is 32.1. The number of thiazole rings is 1. The summed E-state index contributed by atoms with van der Waals surface area (Å²) in [7, 11) is 2.01. The minimum Gasteiger partial charge on any atom is -0.507 e. The molecule has 2 amide bonds. The van der Waals surface area contributed by atoms with Gasteiger partial charge in [0.1, 0.15) is 40.5 Å². The number of piperazine rings is 1. The van der Waals surface area contributed by atoms with E-state index in [0.717, 1.165) is 51.6 Å². The van der Waals surface area contributed by atoms with E-state index in [1.165, 1.54) is 4.90 Å². The lowest BCUT2D eigenvalue weighted by Gasteiger charge is -2.36. The number of hydrogen-bond donors (Lipinski definition) is 3. The second-order valence-corrected chi connectivity index (χ2v) is 17.5. The van der Waals surface area contributed by atoms with Gasteiger partial charge in [-0.1, -0.05) is 55.4 Å². The van der Waals surface area contributed by atoms with Crippen molar-refractivity contribution in [3.05, 3.63) is 102 Å². The smallest absolute Gasteiger partial charge is 0.243 e. The summed E-state index contributed by atoms with van der Waals surface area (Å²) < 4.78 is 7.93. The standard InChI is InChI=1S/C46H49N11O5S/c1-26(2)42(45(61)57-24-32(58)18-38(57)44(60)50-27(3)29-10-12-30(13-11-29)43-28(4)49-25-63-43)40-20-34(53-62-40)31-22-47-46(48-23-31)56-16-14-55(15-17-56)41-21-36-37(54(41)5)19-35(51-52-36)33-8-6-7-9-39(33)59/h6-13,19-23,25-27,32,38,42,58-59H,14-18,24H2,1-5H3,(H,50,60)/t27-,32+,38-,42-/m0/s1. The van der Waals surface area contributed by atoms with E-state index < -0.39 is 18.1 Å². The summed E-state index contributed by atoms with van der Waals surface area (Å²) in [5.74, 6) is 0.592. The number of rotatable bonds is 11. The van der Waals surface area contributed by atoms with Crippen LogP contribution in [-0.4, -0.2) is 107 Å². The Labute approximate surface area is 368 Å².